The normalized spacial score (nSPS) is 21.8. The maximum Gasteiger partial charge on any atom is 0.231 e. The average Bonchev–Trinajstić information content (AvgIpc) is 2.76. The maximum atomic E-state index is 8.69. The van der Waals surface area contributed by atoms with Crippen molar-refractivity contribution < 1.29 is 9.63 Å². The summed E-state index contributed by atoms with van der Waals surface area (Å²) in [6, 6.07) is 0. The van der Waals surface area contributed by atoms with Gasteiger partial charge in [0.25, 0.3) is 0 Å². The second kappa shape index (κ2) is 5.23. The standard InChI is InChI=1S/C10H17N3O2/c14-6-2-4-9-12-10(15-13-9)8-3-1-5-11-7-8/h8,11,14H,1-7H2. The summed E-state index contributed by atoms with van der Waals surface area (Å²) in [5, 5.41) is 15.9. The molecule has 2 N–H and O–H groups in total. The zero-order chi connectivity index (χ0) is 10.5. The second-order valence-electron chi connectivity index (χ2n) is 3.92. The largest absolute Gasteiger partial charge is 0.396 e. The number of rotatable bonds is 4. The van der Waals surface area contributed by atoms with Crippen LogP contribution in [0.15, 0.2) is 4.52 Å². The summed E-state index contributed by atoms with van der Waals surface area (Å²) >= 11 is 0. The monoisotopic (exact) mass is 211 g/mol. The molecule has 5 heteroatoms. The quantitative estimate of drug-likeness (QED) is 0.757. The van der Waals surface area contributed by atoms with E-state index in [4.69, 9.17) is 9.63 Å². The number of aromatic nitrogens is 2. The van der Waals surface area contributed by atoms with E-state index in [0.717, 1.165) is 25.4 Å². The minimum absolute atomic E-state index is 0.175. The number of nitrogens with one attached hydrogen (secondary N) is 1. The van der Waals surface area contributed by atoms with Crippen LogP contribution in [0, 0.1) is 0 Å². The molecular weight excluding hydrogens is 194 g/mol. The van der Waals surface area contributed by atoms with Gasteiger partial charge in [-0.05, 0) is 25.8 Å². The second-order valence-corrected chi connectivity index (χ2v) is 3.92. The highest BCUT2D eigenvalue weighted by Crippen LogP contribution is 2.21. The predicted octanol–water partition coefficient (Wildman–Crippen LogP) is 0.461. The topological polar surface area (TPSA) is 71.2 Å². The zero-order valence-corrected chi connectivity index (χ0v) is 8.78. The van der Waals surface area contributed by atoms with Gasteiger partial charge in [0.05, 0.1) is 5.92 Å². The Morgan fingerprint density at radius 1 is 1.53 bits per heavy atom. The highest BCUT2D eigenvalue weighted by molar-refractivity contribution is 4.96. The third-order valence-electron chi connectivity index (χ3n) is 2.69. The van der Waals surface area contributed by atoms with Crippen molar-refractivity contribution in [3.63, 3.8) is 0 Å². The molecule has 1 aromatic rings. The third kappa shape index (κ3) is 2.76. The Hall–Kier alpha value is -0.940. The van der Waals surface area contributed by atoms with Gasteiger partial charge in [0.2, 0.25) is 5.89 Å². The molecule has 1 saturated heterocycles. The molecule has 0 spiro atoms. The van der Waals surface area contributed by atoms with Crippen molar-refractivity contribution >= 4 is 0 Å². The van der Waals surface area contributed by atoms with Crippen molar-refractivity contribution in [2.75, 3.05) is 19.7 Å². The van der Waals surface area contributed by atoms with Crippen LogP contribution in [0.4, 0.5) is 0 Å². The molecule has 1 aromatic heterocycles. The number of hydrogen-bond donors (Lipinski definition) is 2. The van der Waals surface area contributed by atoms with Crippen LogP contribution < -0.4 is 5.32 Å². The van der Waals surface area contributed by atoms with E-state index in [9.17, 15) is 0 Å². The van der Waals surface area contributed by atoms with E-state index in [2.05, 4.69) is 15.5 Å². The van der Waals surface area contributed by atoms with E-state index in [0.29, 0.717) is 24.6 Å². The zero-order valence-electron chi connectivity index (χ0n) is 8.78. The molecule has 2 rings (SSSR count). The van der Waals surface area contributed by atoms with E-state index in [1.165, 1.54) is 6.42 Å². The first-order valence-electron chi connectivity index (χ1n) is 5.54. The van der Waals surface area contributed by atoms with Crippen LogP contribution in [-0.4, -0.2) is 34.9 Å². The van der Waals surface area contributed by atoms with Crippen LogP contribution in [-0.2, 0) is 6.42 Å². The summed E-state index contributed by atoms with van der Waals surface area (Å²) in [6.45, 7) is 2.19. The van der Waals surface area contributed by atoms with E-state index >= 15 is 0 Å². The Morgan fingerprint density at radius 2 is 2.47 bits per heavy atom. The summed E-state index contributed by atoms with van der Waals surface area (Å²) in [5.74, 6) is 1.83. The van der Waals surface area contributed by atoms with Crippen molar-refractivity contribution in [1.82, 2.24) is 15.5 Å². The summed E-state index contributed by atoms with van der Waals surface area (Å²) in [7, 11) is 0. The maximum absolute atomic E-state index is 8.69. The third-order valence-corrected chi connectivity index (χ3v) is 2.69. The lowest BCUT2D eigenvalue weighted by Crippen LogP contribution is -2.28. The van der Waals surface area contributed by atoms with Crippen LogP contribution in [0.25, 0.3) is 0 Å². The number of piperidine rings is 1. The van der Waals surface area contributed by atoms with Gasteiger partial charge in [-0.3, -0.25) is 0 Å². The fourth-order valence-corrected chi connectivity index (χ4v) is 1.83. The van der Waals surface area contributed by atoms with Crippen molar-refractivity contribution in [1.29, 1.82) is 0 Å². The number of aliphatic hydroxyl groups is 1. The number of hydrogen-bond acceptors (Lipinski definition) is 5. The molecule has 1 atom stereocenters. The first kappa shape index (κ1) is 10.6. The SMILES string of the molecule is OCCCc1noc(C2CCCNC2)n1. The molecule has 2 heterocycles. The minimum atomic E-state index is 0.175. The first-order valence-corrected chi connectivity index (χ1v) is 5.54. The number of aliphatic hydroxyl groups excluding tert-OH is 1. The van der Waals surface area contributed by atoms with Gasteiger partial charge in [-0.25, -0.2) is 0 Å². The smallest absolute Gasteiger partial charge is 0.231 e. The van der Waals surface area contributed by atoms with Crippen LogP contribution in [0.1, 0.15) is 36.9 Å². The van der Waals surface area contributed by atoms with Gasteiger partial charge in [0.15, 0.2) is 5.82 Å². The Balaban J connectivity index is 1.93. The summed E-state index contributed by atoms with van der Waals surface area (Å²) in [5.41, 5.74) is 0. The minimum Gasteiger partial charge on any atom is -0.396 e. The molecule has 1 aliphatic rings. The van der Waals surface area contributed by atoms with Gasteiger partial charge in [0, 0.05) is 19.6 Å². The molecule has 15 heavy (non-hydrogen) atoms. The average molecular weight is 211 g/mol. The van der Waals surface area contributed by atoms with Crippen LogP contribution >= 0.6 is 0 Å². The van der Waals surface area contributed by atoms with Crippen molar-refractivity contribution in [3.8, 4) is 0 Å². The molecule has 1 aliphatic heterocycles. The van der Waals surface area contributed by atoms with E-state index in [1.54, 1.807) is 0 Å². The lowest BCUT2D eigenvalue weighted by molar-refractivity contribution is 0.285. The Bertz CT molecular complexity index is 295. The fourth-order valence-electron chi connectivity index (χ4n) is 1.83. The molecule has 1 fully saturated rings. The van der Waals surface area contributed by atoms with Gasteiger partial charge in [0.1, 0.15) is 0 Å². The number of aryl methyl sites for hydroxylation is 1. The first-order chi connectivity index (χ1) is 7.40. The van der Waals surface area contributed by atoms with Crippen molar-refractivity contribution in [2.45, 2.75) is 31.6 Å². The van der Waals surface area contributed by atoms with E-state index < -0.39 is 0 Å². The molecule has 0 bridgehead atoms. The van der Waals surface area contributed by atoms with Crippen molar-refractivity contribution in [2.24, 2.45) is 0 Å². The Kier molecular flexibility index (Phi) is 3.69. The summed E-state index contributed by atoms with van der Waals surface area (Å²) in [4.78, 5) is 4.34. The van der Waals surface area contributed by atoms with E-state index in [-0.39, 0.29) is 6.61 Å². The predicted molar refractivity (Wildman–Crippen MR) is 54.5 cm³/mol. The lowest BCUT2D eigenvalue weighted by Gasteiger charge is -2.18. The molecule has 0 saturated carbocycles. The molecule has 0 amide bonds. The van der Waals surface area contributed by atoms with Gasteiger partial charge >= 0.3 is 0 Å². The molecule has 84 valence electrons. The van der Waals surface area contributed by atoms with Gasteiger partial charge in [-0.1, -0.05) is 5.16 Å². The summed E-state index contributed by atoms with van der Waals surface area (Å²) < 4.78 is 5.22. The Morgan fingerprint density at radius 3 is 3.20 bits per heavy atom. The molecule has 0 aliphatic carbocycles. The van der Waals surface area contributed by atoms with Crippen molar-refractivity contribution in [3.05, 3.63) is 11.7 Å². The molecule has 1 unspecified atom stereocenters. The fraction of sp³-hybridized carbons (Fsp3) is 0.800. The molecule has 0 radical (unpaired) electrons. The molecule has 0 aromatic carbocycles. The van der Waals surface area contributed by atoms with Gasteiger partial charge in [-0.15, -0.1) is 0 Å². The lowest BCUT2D eigenvalue weighted by atomic mass is 10.00. The highest BCUT2D eigenvalue weighted by Gasteiger charge is 2.20. The van der Waals surface area contributed by atoms with Crippen LogP contribution in [0.5, 0.6) is 0 Å². The van der Waals surface area contributed by atoms with Crippen LogP contribution in [0.2, 0.25) is 0 Å². The van der Waals surface area contributed by atoms with E-state index in [1.807, 2.05) is 0 Å². The van der Waals surface area contributed by atoms with Gasteiger partial charge < -0.3 is 14.9 Å². The Labute approximate surface area is 88.9 Å². The van der Waals surface area contributed by atoms with Crippen LogP contribution in [0.3, 0.4) is 0 Å². The molecular formula is C10H17N3O2. The highest BCUT2D eigenvalue weighted by atomic mass is 16.5. The van der Waals surface area contributed by atoms with Gasteiger partial charge in [-0.2, -0.15) is 4.98 Å². The number of nitrogens with zero attached hydrogens (tertiary/aromatic N) is 2. The summed E-state index contributed by atoms with van der Waals surface area (Å²) in [6.07, 6.45) is 3.68. The molecule has 5 nitrogen and oxygen atoms in total.